The Morgan fingerprint density at radius 1 is 1.42 bits per heavy atom. The van der Waals surface area contributed by atoms with Crippen molar-refractivity contribution in [2.24, 2.45) is 0 Å². The number of methoxy groups -OCH3 is 1. The first-order valence-corrected chi connectivity index (χ1v) is 7.62. The van der Waals surface area contributed by atoms with E-state index in [1.807, 2.05) is 18.3 Å². The number of aromatic amines is 1. The average molecular weight is 397 g/mol. The summed E-state index contributed by atoms with van der Waals surface area (Å²) in [5.41, 5.74) is 2.19. The van der Waals surface area contributed by atoms with Crippen LogP contribution in [-0.2, 0) is 15.9 Å². The number of hydrogen-bond acceptors (Lipinski definition) is 5. The van der Waals surface area contributed by atoms with Gasteiger partial charge in [0.1, 0.15) is 11.5 Å². The molecule has 1 aromatic heterocycles. The standard InChI is InChI=1S/C17H20N2O4.BrH/c1-22-17(21)23-14-3-2-7-19(11-14)8-6-12-10-18-16-5-4-13(20)9-15(12)16;/h3-5,9-10,18,20H,2,6-8,11H2,1H3;1H. The Labute approximate surface area is 150 Å². The Kier molecular flexibility index (Phi) is 6.28. The quantitative estimate of drug-likeness (QED) is 0.774. The van der Waals surface area contributed by atoms with E-state index in [1.165, 1.54) is 12.7 Å². The predicted octanol–water partition coefficient (Wildman–Crippen LogP) is 3.37. The van der Waals surface area contributed by atoms with Crippen LogP contribution < -0.4 is 0 Å². The van der Waals surface area contributed by atoms with Gasteiger partial charge in [-0.1, -0.05) is 0 Å². The minimum atomic E-state index is -0.676. The van der Waals surface area contributed by atoms with Gasteiger partial charge in [0, 0.05) is 30.2 Å². The molecule has 3 rings (SSSR count). The summed E-state index contributed by atoms with van der Waals surface area (Å²) >= 11 is 0. The highest BCUT2D eigenvalue weighted by Crippen LogP contribution is 2.23. The number of fused-ring (bicyclic) bond motifs is 1. The number of hydrogen-bond donors (Lipinski definition) is 2. The average Bonchev–Trinajstić information content (AvgIpc) is 2.95. The normalized spacial score (nSPS) is 14.8. The van der Waals surface area contributed by atoms with Gasteiger partial charge in [-0.3, -0.25) is 4.90 Å². The molecule has 0 unspecified atom stereocenters. The van der Waals surface area contributed by atoms with Gasteiger partial charge < -0.3 is 19.6 Å². The molecule has 0 amide bonds. The number of phenols is 1. The molecular weight excluding hydrogens is 376 g/mol. The fraction of sp³-hybridized carbons (Fsp3) is 0.353. The van der Waals surface area contributed by atoms with Crippen molar-refractivity contribution >= 4 is 34.0 Å². The molecule has 24 heavy (non-hydrogen) atoms. The second-order valence-electron chi connectivity index (χ2n) is 5.59. The first kappa shape index (κ1) is 18.4. The molecule has 1 aromatic carbocycles. The molecule has 0 spiro atoms. The second kappa shape index (κ2) is 8.21. The van der Waals surface area contributed by atoms with Crippen molar-refractivity contribution in [1.82, 2.24) is 9.88 Å². The first-order chi connectivity index (χ1) is 11.2. The van der Waals surface area contributed by atoms with Gasteiger partial charge in [0.2, 0.25) is 0 Å². The van der Waals surface area contributed by atoms with Crippen LogP contribution in [-0.4, -0.2) is 47.9 Å². The van der Waals surface area contributed by atoms with Crippen LogP contribution in [0.3, 0.4) is 0 Å². The topological polar surface area (TPSA) is 74.8 Å². The Morgan fingerprint density at radius 3 is 3.04 bits per heavy atom. The molecule has 0 saturated heterocycles. The van der Waals surface area contributed by atoms with Gasteiger partial charge in [0.05, 0.1) is 13.7 Å². The van der Waals surface area contributed by atoms with Crippen molar-refractivity contribution in [3.8, 4) is 5.75 Å². The molecule has 0 aliphatic carbocycles. The highest BCUT2D eigenvalue weighted by atomic mass is 79.9. The summed E-state index contributed by atoms with van der Waals surface area (Å²) in [4.78, 5) is 16.6. The van der Waals surface area contributed by atoms with Crippen molar-refractivity contribution in [3.63, 3.8) is 0 Å². The van der Waals surface area contributed by atoms with Crippen LogP contribution in [0.1, 0.15) is 12.0 Å². The van der Waals surface area contributed by atoms with Gasteiger partial charge in [-0.2, -0.15) is 0 Å². The number of benzene rings is 1. The summed E-state index contributed by atoms with van der Waals surface area (Å²) in [5, 5.41) is 10.7. The third-order valence-electron chi connectivity index (χ3n) is 4.03. The molecule has 0 atom stereocenters. The van der Waals surface area contributed by atoms with Crippen LogP contribution in [0.5, 0.6) is 5.75 Å². The van der Waals surface area contributed by atoms with E-state index in [0.717, 1.165) is 36.8 Å². The third-order valence-corrected chi connectivity index (χ3v) is 4.03. The Balaban J connectivity index is 0.00000208. The van der Waals surface area contributed by atoms with Crippen LogP contribution in [0.2, 0.25) is 0 Å². The lowest BCUT2D eigenvalue weighted by Gasteiger charge is -2.26. The van der Waals surface area contributed by atoms with Crippen LogP contribution in [0.15, 0.2) is 36.2 Å². The van der Waals surface area contributed by atoms with E-state index in [9.17, 15) is 9.90 Å². The molecule has 0 saturated carbocycles. The van der Waals surface area contributed by atoms with E-state index in [0.29, 0.717) is 12.3 Å². The van der Waals surface area contributed by atoms with Crippen molar-refractivity contribution in [3.05, 3.63) is 41.8 Å². The SMILES string of the molecule is Br.COC(=O)OC1=CCCN(CCc2c[nH]c3ccc(O)cc23)C1. The van der Waals surface area contributed by atoms with Crippen LogP contribution in [0.4, 0.5) is 4.79 Å². The molecule has 0 bridgehead atoms. The van der Waals surface area contributed by atoms with E-state index >= 15 is 0 Å². The number of nitrogens with one attached hydrogen (secondary N) is 1. The number of ether oxygens (including phenoxy) is 2. The Bertz CT molecular complexity index is 741. The van der Waals surface area contributed by atoms with Gasteiger partial charge in [0.25, 0.3) is 0 Å². The van der Waals surface area contributed by atoms with E-state index in [-0.39, 0.29) is 22.7 Å². The van der Waals surface area contributed by atoms with Crippen molar-refractivity contribution < 1.29 is 19.4 Å². The minimum Gasteiger partial charge on any atom is -0.508 e. The van der Waals surface area contributed by atoms with Crippen molar-refractivity contribution in [2.75, 3.05) is 26.7 Å². The van der Waals surface area contributed by atoms with Gasteiger partial charge in [-0.05, 0) is 42.7 Å². The number of halogens is 1. The molecule has 2 N–H and O–H groups in total. The van der Waals surface area contributed by atoms with Crippen LogP contribution in [0.25, 0.3) is 10.9 Å². The zero-order valence-corrected chi connectivity index (χ0v) is 15.2. The lowest BCUT2D eigenvalue weighted by Crippen LogP contribution is -2.33. The summed E-state index contributed by atoms with van der Waals surface area (Å²) in [6.07, 6.45) is 4.94. The summed E-state index contributed by atoms with van der Waals surface area (Å²) in [6.45, 7) is 2.38. The maximum atomic E-state index is 11.2. The lowest BCUT2D eigenvalue weighted by atomic mass is 10.1. The molecule has 7 heteroatoms. The zero-order valence-electron chi connectivity index (χ0n) is 13.4. The maximum Gasteiger partial charge on any atom is 0.513 e. The first-order valence-electron chi connectivity index (χ1n) is 7.62. The molecule has 6 nitrogen and oxygen atoms in total. The number of carbonyl (C=O) groups excluding carboxylic acids is 1. The van der Waals surface area contributed by atoms with Crippen molar-refractivity contribution in [1.29, 1.82) is 0 Å². The molecule has 1 aliphatic heterocycles. The number of nitrogens with zero attached hydrogens (tertiary/aromatic N) is 1. The molecule has 0 fully saturated rings. The number of aromatic hydroxyl groups is 1. The molecule has 2 aromatic rings. The Hall–Kier alpha value is -1.99. The highest BCUT2D eigenvalue weighted by molar-refractivity contribution is 8.93. The fourth-order valence-electron chi connectivity index (χ4n) is 2.84. The van der Waals surface area contributed by atoms with Gasteiger partial charge in [-0.15, -0.1) is 17.0 Å². The highest BCUT2D eigenvalue weighted by Gasteiger charge is 2.17. The lowest BCUT2D eigenvalue weighted by molar-refractivity contribution is 0.0874. The molecule has 2 heterocycles. The second-order valence-corrected chi connectivity index (χ2v) is 5.59. The number of H-pyrrole nitrogens is 1. The molecule has 0 radical (unpaired) electrons. The van der Waals surface area contributed by atoms with E-state index < -0.39 is 6.16 Å². The molecular formula is C17H21BrN2O4. The number of aromatic nitrogens is 1. The molecule has 130 valence electrons. The summed E-state index contributed by atoms with van der Waals surface area (Å²) in [7, 11) is 1.30. The summed E-state index contributed by atoms with van der Waals surface area (Å²) in [6, 6.07) is 5.33. The van der Waals surface area contributed by atoms with Gasteiger partial charge in [-0.25, -0.2) is 4.79 Å². The van der Waals surface area contributed by atoms with Crippen LogP contribution >= 0.6 is 17.0 Å². The van der Waals surface area contributed by atoms with E-state index in [1.54, 1.807) is 12.1 Å². The van der Waals surface area contributed by atoms with Gasteiger partial charge in [0.15, 0.2) is 0 Å². The van der Waals surface area contributed by atoms with Crippen molar-refractivity contribution in [2.45, 2.75) is 12.8 Å². The molecule has 1 aliphatic rings. The number of phenolic OH excluding ortho intramolecular Hbond substituents is 1. The summed E-state index contributed by atoms with van der Waals surface area (Å²) in [5.74, 6) is 0.910. The maximum absolute atomic E-state index is 11.2. The Morgan fingerprint density at radius 2 is 2.25 bits per heavy atom. The minimum absolute atomic E-state index is 0. The monoisotopic (exact) mass is 396 g/mol. The number of rotatable bonds is 4. The smallest absolute Gasteiger partial charge is 0.508 e. The number of carbonyl (C=O) groups is 1. The fourth-order valence-corrected chi connectivity index (χ4v) is 2.84. The zero-order chi connectivity index (χ0) is 16.2. The van der Waals surface area contributed by atoms with E-state index in [4.69, 9.17) is 4.74 Å². The predicted molar refractivity (Wildman–Crippen MR) is 96.6 cm³/mol. The summed E-state index contributed by atoms with van der Waals surface area (Å²) < 4.78 is 9.63. The van der Waals surface area contributed by atoms with Gasteiger partial charge >= 0.3 is 6.16 Å². The van der Waals surface area contributed by atoms with Crippen LogP contribution in [0, 0.1) is 0 Å². The largest absolute Gasteiger partial charge is 0.513 e. The third kappa shape index (κ3) is 4.30. The van der Waals surface area contributed by atoms with E-state index in [2.05, 4.69) is 14.6 Å².